The molecule has 1 aromatic carbocycles. The molecule has 0 bridgehead atoms. The lowest BCUT2D eigenvalue weighted by atomic mass is 10.2. The molecule has 0 spiro atoms. The summed E-state index contributed by atoms with van der Waals surface area (Å²) in [5.41, 5.74) is -0.539. The highest BCUT2D eigenvalue weighted by Crippen LogP contribution is 2.18. The van der Waals surface area contributed by atoms with Crippen molar-refractivity contribution in [3.8, 4) is 0 Å². The first-order valence-corrected chi connectivity index (χ1v) is 4.76. The number of carbonyl (C=O) groups excluding carboxylic acids is 1. The zero-order valence-corrected chi connectivity index (χ0v) is 8.83. The van der Waals surface area contributed by atoms with E-state index in [1.54, 1.807) is 6.92 Å². The van der Waals surface area contributed by atoms with E-state index in [1.807, 2.05) is 0 Å². The number of rotatable bonds is 2. The Morgan fingerprint density at radius 2 is 2.00 bits per heavy atom. The van der Waals surface area contributed by atoms with Gasteiger partial charge in [-0.25, -0.2) is 8.78 Å². The Kier molecular flexibility index (Phi) is 2.86. The Morgan fingerprint density at radius 1 is 1.35 bits per heavy atom. The molecule has 17 heavy (non-hydrogen) atoms. The maximum absolute atomic E-state index is 13.2. The lowest BCUT2D eigenvalue weighted by Gasteiger charge is -2.04. The molecule has 0 atom stereocenters. The summed E-state index contributed by atoms with van der Waals surface area (Å²) >= 11 is 0. The molecular weight excluding hydrogens is 230 g/mol. The van der Waals surface area contributed by atoms with Crippen molar-refractivity contribution in [2.45, 2.75) is 6.92 Å². The zero-order valence-electron chi connectivity index (χ0n) is 8.83. The van der Waals surface area contributed by atoms with Crippen LogP contribution in [0, 0.1) is 18.6 Å². The van der Waals surface area contributed by atoms with E-state index in [9.17, 15) is 13.6 Å². The third kappa shape index (κ3) is 2.30. The van der Waals surface area contributed by atoms with Crippen LogP contribution in [0.15, 0.2) is 28.8 Å². The smallest absolute Gasteiger partial charge is 0.278 e. The zero-order chi connectivity index (χ0) is 12.4. The standard InChI is InChI=1S/C11H8F2N2O2/c1-6-5-9(15-17-6)11(16)14-10-7(12)3-2-4-8(10)13/h2-5H,1H3,(H,14,16). The Bertz CT molecular complexity index is 546. The van der Waals surface area contributed by atoms with Crippen molar-refractivity contribution in [3.05, 3.63) is 47.4 Å². The molecule has 2 aromatic rings. The van der Waals surface area contributed by atoms with E-state index in [1.165, 1.54) is 12.1 Å². The molecule has 1 N–H and O–H groups in total. The lowest BCUT2D eigenvalue weighted by Crippen LogP contribution is -2.14. The van der Waals surface area contributed by atoms with Gasteiger partial charge < -0.3 is 9.84 Å². The molecule has 1 aromatic heterocycles. The largest absolute Gasteiger partial charge is 0.361 e. The second-order valence-electron chi connectivity index (χ2n) is 3.37. The van der Waals surface area contributed by atoms with E-state index in [2.05, 4.69) is 15.0 Å². The quantitative estimate of drug-likeness (QED) is 0.874. The number of amides is 1. The van der Waals surface area contributed by atoms with Gasteiger partial charge >= 0.3 is 0 Å². The number of nitrogens with zero attached hydrogens (tertiary/aromatic N) is 1. The van der Waals surface area contributed by atoms with Crippen LogP contribution in [-0.4, -0.2) is 11.1 Å². The average Bonchev–Trinajstić information content (AvgIpc) is 2.70. The van der Waals surface area contributed by atoms with Crippen LogP contribution >= 0.6 is 0 Å². The molecule has 0 aliphatic heterocycles. The van der Waals surface area contributed by atoms with Crippen molar-refractivity contribution in [1.82, 2.24) is 5.16 Å². The molecule has 0 saturated carbocycles. The summed E-state index contributed by atoms with van der Waals surface area (Å²) in [5.74, 6) is -1.99. The Hall–Kier alpha value is -2.24. The molecule has 1 heterocycles. The molecule has 0 aliphatic carbocycles. The maximum Gasteiger partial charge on any atom is 0.278 e. The van der Waals surface area contributed by atoms with E-state index in [-0.39, 0.29) is 5.69 Å². The van der Waals surface area contributed by atoms with Gasteiger partial charge in [0.1, 0.15) is 23.1 Å². The van der Waals surface area contributed by atoms with Crippen molar-refractivity contribution in [3.63, 3.8) is 0 Å². The third-order valence-corrected chi connectivity index (χ3v) is 2.06. The van der Waals surface area contributed by atoms with Gasteiger partial charge in [0.05, 0.1) is 0 Å². The molecule has 0 saturated heterocycles. The number of aryl methyl sites for hydroxylation is 1. The summed E-state index contributed by atoms with van der Waals surface area (Å²) in [6.07, 6.45) is 0. The predicted molar refractivity (Wildman–Crippen MR) is 55.6 cm³/mol. The second kappa shape index (κ2) is 4.32. The van der Waals surface area contributed by atoms with Gasteiger partial charge in [-0.1, -0.05) is 11.2 Å². The third-order valence-electron chi connectivity index (χ3n) is 2.06. The van der Waals surface area contributed by atoms with Crippen LogP contribution in [0.1, 0.15) is 16.2 Å². The van der Waals surface area contributed by atoms with Crippen LogP contribution in [0.25, 0.3) is 0 Å². The van der Waals surface area contributed by atoms with Crippen LogP contribution in [0.5, 0.6) is 0 Å². The van der Waals surface area contributed by atoms with Crippen molar-refractivity contribution in [2.24, 2.45) is 0 Å². The summed E-state index contributed by atoms with van der Waals surface area (Å²) in [7, 11) is 0. The van der Waals surface area contributed by atoms with Crippen LogP contribution in [0.4, 0.5) is 14.5 Å². The fourth-order valence-corrected chi connectivity index (χ4v) is 1.27. The van der Waals surface area contributed by atoms with Crippen molar-refractivity contribution in [2.75, 3.05) is 5.32 Å². The van der Waals surface area contributed by atoms with Crippen molar-refractivity contribution < 1.29 is 18.1 Å². The first-order valence-electron chi connectivity index (χ1n) is 4.76. The molecule has 1 amide bonds. The SMILES string of the molecule is Cc1cc(C(=O)Nc2c(F)cccc2F)no1. The highest BCUT2D eigenvalue weighted by atomic mass is 19.1. The van der Waals surface area contributed by atoms with Gasteiger partial charge in [-0.05, 0) is 19.1 Å². The topological polar surface area (TPSA) is 55.1 Å². The van der Waals surface area contributed by atoms with E-state index in [0.29, 0.717) is 5.76 Å². The molecule has 6 heteroatoms. The van der Waals surface area contributed by atoms with E-state index in [0.717, 1.165) is 12.1 Å². The number of para-hydroxylation sites is 1. The van der Waals surface area contributed by atoms with E-state index >= 15 is 0 Å². The molecular formula is C11H8F2N2O2. The van der Waals surface area contributed by atoms with Gasteiger partial charge in [0.2, 0.25) is 0 Å². The molecule has 0 aliphatic rings. The first kappa shape index (κ1) is 11.3. The maximum atomic E-state index is 13.2. The molecule has 0 fully saturated rings. The van der Waals surface area contributed by atoms with Gasteiger partial charge in [0.15, 0.2) is 5.69 Å². The van der Waals surface area contributed by atoms with Crippen LogP contribution < -0.4 is 5.32 Å². The molecule has 4 nitrogen and oxygen atoms in total. The fourth-order valence-electron chi connectivity index (χ4n) is 1.27. The second-order valence-corrected chi connectivity index (χ2v) is 3.37. The van der Waals surface area contributed by atoms with Crippen LogP contribution in [0.3, 0.4) is 0 Å². The molecule has 0 radical (unpaired) electrons. The number of anilines is 1. The van der Waals surface area contributed by atoms with Crippen LogP contribution in [0.2, 0.25) is 0 Å². The normalized spacial score (nSPS) is 10.3. The van der Waals surface area contributed by atoms with E-state index < -0.39 is 23.2 Å². The van der Waals surface area contributed by atoms with Crippen molar-refractivity contribution >= 4 is 11.6 Å². The minimum Gasteiger partial charge on any atom is -0.361 e. The number of aromatic nitrogens is 1. The minimum absolute atomic E-state index is 0.0369. The monoisotopic (exact) mass is 238 g/mol. The summed E-state index contributed by atoms with van der Waals surface area (Å²) < 4.78 is 31.2. The summed E-state index contributed by atoms with van der Waals surface area (Å²) in [5, 5.41) is 5.54. The Morgan fingerprint density at radius 3 is 2.53 bits per heavy atom. The Balaban J connectivity index is 2.24. The number of benzene rings is 1. The van der Waals surface area contributed by atoms with Gasteiger partial charge in [-0.3, -0.25) is 4.79 Å². The van der Waals surface area contributed by atoms with E-state index in [4.69, 9.17) is 0 Å². The summed E-state index contributed by atoms with van der Waals surface area (Å²) in [6, 6.07) is 4.67. The van der Waals surface area contributed by atoms with Gasteiger partial charge in [-0.2, -0.15) is 0 Å². The molecule has 0 unspecified atom stereocenters. The van der Waals surface area contributed by atoms with Crippen LogP contribution in [-0.2, 0) is 0 Å². The number of nitrogens with one attached hydrogen (secondary N) is 1. The number of hydrogen-bond donors (Lipinski definition) is 1. The molecule has 2 rings (SSSR count). The number of carbonyl (C=O) groups is 1. The van der Waals surface area contributed by atoms with Gasteiger partial charge in [-0.15, -0.1) is 0 Å². The predicted octanol–water partition coefficient (Wildman–Crippen LogP) is 2.51. The first-order chi connectivity index (χ1) is 8.08. The van der Waals surface area contributed by atoms with Crippen molar-refractivity contribution in [1.29, 1.82) is 0 Å². The summed E-state index contributed by atoms with van der Waals surface area (Å²) in [6.45, 7) is 1.60. The fraction of sp³-hybridized carbons (Fsp3) is 0.0909. The summed E-state index contributed by atoms with van der Waals surface area (Å²) in [4.78, 5) is 11.6. The Labute approximate surface area is 95.2 Å². The highest BCUT2D eigenvalue weighted by Gasteiger charge is 2.15. The average molecular weight is 238 g/mol. The number of hydrogen-bond acceptors (Lipinski definition) is 3. The van der Waals surface area contributed by atoms with Gasteiger partial charge in [0.25, 0.3) is 5.91 Å². The molecule has 88 valence electrons. The van der Waals surface area contributed by atoms with Gasteiger partial charge in [0, 0.05) is 6.07 Å². The lowest BCUT2D eigenvalue weighted by molar-refractivity contribution is 0.101. The minimum atomic E-state index is -0.849. The number of halogens is 2. The highest BCUT2D eigenvalue weighted by molar-refractivity contribution is 6.02.